The molecule has 1 heterocycles. The topological polar surface area (TPSA) is 66.8 Å². The molecule has 1 atom stereocenters. The molecule has 0 spiro atoms. The number of likely N-dealkylation sites (tertiary alicyclic amines) is 1. The summed E-state index contributed by atoms with van der Waals surface area (Å²) >= 11 is 0. The first-order valence-electron chi connectivity index (χ1n) is 8.42. The first-order valence-corrected chi connectivity index (χ1v) is 8.42. The van der Waals surface area contributed by atoms with E-state index in [0.717, 1.165) is 12.0 Å². The molecule has 0 radical (unpaired) electrons. The standard InChI is InChI=1S/C20H21NO4/c22-19(21-12-4-7-17(13-21)20(23)24)16-8-10-18(11-9-16)25-14-15-5-2-1-3-6-15/h1-3,5-6,8-11,17H,4,7,12-14H2,(H,23,24). The molecule has 1 unspecified atom stereocenters. The van der Waals surface area contributed by atoms with Gasteiger partial charge in [0.05, 0.1) is 5.92 Å². The first-order chi connectivity index (χ1) is 12.1. The number of piperidine rings is 1. The fraction of sp³-hybridized carbons (Fsp3) is 0.300. The first kappa shape index (κ1) is 17.0. The third kappa shape index (κ3) is 4.38. The van der Waals surface area contributed by atoms with Gasteiger partial charge in [-0.3, -0.25) is 9.59 Å². The Balaban J connectivity index is 1.59. The van der Waals surface area contributed by atoms with E-state index in [4.69, 9.17) is 9.84 Å². The summed E-state index contributed by atoms with van der Waals surface area (Å²) in [4.78, 5) is 25.3. The van der Waals surface area contributed by atoms with E-state index in [0.29, 0.717) is 30.9 Å². The summed E-state index contributed by atoms with van der Waals surface area (Å²) < 4.78 is 5.72. The Hall–Kier alpha value is -2.82. The number of hydrogen-bond acceptors (Lipinski definition) is 3. The van der Waals surface area contributed by atoms with E-state index in [1.165, 1.54) is 0 Å². The Morgan fingerprint density at radius 3 is 2.48 bits per heavy atom. The van der Waals surface area contributed by atoms with Gasteiger partial charge in [-0.15, -0.1) is 0 Å². The summed E-state index contributed by atoms with van der Waals surface area (Å²) in [7, 11) is 0. The van der Waals surface area contributed by atoms with Gasteiger partial charge in [-0.05, 0) is 42.7 Å². The molecule has 1 fully saturated rings. The van der Waals surface area contributed by atoms with Crippen molar-refractivity contribution >= 4 is 11.9 Å². The normalized spacial score (nSPS) is 17.1. The summed E-state index contributed by atoms with van der Waals surface area (Å²) in [6.45, 7) is 1.36. The second-order valence-corrected chi connectivity index (χ2v) is 6.23. The van der Waals surface area contributed by atoms with Crippen LogP contribution in [0, 0.1) is 5.92 Å². The fourth-order valence-corrected chi connectivity index (χ4v) is 2.98. The minimum Gasteiger partial charge on any atom is -0.489 e. The van der Waals surface area contributed by atoms with Gasteiger partial charge in [0.15, 0.2) is 0 Å². The maximum Gasteiger partial charge on any atom is 0.308 e. The van der Waals surface area contributed by atoms with Gasteiger partial charge in [0, 0.05) is 18.7 Å². The Morgan fingerprint density at radius 1 is 1.08 bits per heavy atom. The van der Waals surface area contributed by atoms with Crippen LogP contribution in [-0.2, 0) is 11.4 Å². The van der Waals surface area contributed by atoms with Crippen molar-refractivity contribution in [2.75, 3.05) is 13.1 Å². The van der Waals surface area contributed by atoms with Crippen LogP contribution in [0.25, 0.3) is 0 Å². The summed E-state index contributed by atoms with van der Waals surface area (Å²) in [5, 5.41) is 9.14. The van der Waals surface area contributed by atoms with Crippen LogP contribution in [0.5, 0.6) is 5.75 Å². The maximum absolute atomic E-state index is 12.6. The zero-order valence-corrected chi connectivity index (χ0v) is 13.9. The summed E-state index contributed by atoms with van der Waals surface area (Å²) in [5.74, 6) is -0.726. The SMILES string of the molecule is O=C(O)C1CCCN(C(=O)c2ccc(OCc3ccccc3)cc2)C1. The predicted octanol–water partition coefficient (Wildman–Crippen LogP) is 3.20. The molecular formula is C20H21NO4. The average molecular weight is 339 g/mol. The van der Waals surface area contributed by atoms with E-state index in [-0.39, 0.29) is 12.5 Å². The molecule has 0 bridgehead atoms. The van der Waals surface area contributed by atoms with Gasteiger partial charge in [-0.1, -0.05) is 30.3 Å². The molecule has 0 saturated carbocycles. The molecule has 25 heavy (non-hydrogen) atoms. The van der Waals surface area contributed by atoms with Crippen LogP contribution < -0.4 is 4.74 Å². The Labute approximate surface area is 146 Å². The smallest absolute Gasteiger partial charge is 0.308 e. The molecule has 0 aromatic heterocycles. The minimum atomic E-state index is -0.831. The van der Waals surface area contributed by atoms with Gasteiger partial charge < -0.3 is 14.7 Å². The number of amides is 1. The number of rotatable bonds is 5. The Kier molecular flexibility index (Phi) is 5.33. The van der Waals surface area contributed by atoms with Gasteiger partial charge in [-0.2, -0.15) is 0 Å². The molecule has 5 nitrogen and oxygen atoms in total. The molecule has 1 aliphatic heterocycles. The van der Waals surface area contributed by atoms with Crippen molar-refractivity contribution in [1.29, 1.82) is 0 Å². The van der Waals surface area contributed by atoms with E-state index in [1.54, 1.807) is 29.2 Å². The van der Waals surface area contributed by atoms with Crippen LogP contribution in [0.1, 0.15) is 28.8 Å². The number of carboxylic acids is 1. The van der Waals surface area contributed by atoms with Gasteiger partial charge in [0.1, 0.15) is 12.4 Å². The van der Waals surface area contributed by atoms with Gasteiger partial charge in [0.25, 0.3) is 5.91 Å². The maximum atomic E-state index is 12.6. The fourth-order valence-electron chi connectivity index (χ4n) is 2.98. The van der Waals surface area contributed by atoms with Crippen molar-refractivity contribution < 1.29 is 19.4 Å². The molecule has 5 heteroatoms. The molecule has 2 aromatic rings. The third-order valence-electron chi connectivity index (χ3n) is 4.41. The van der Waals surface area contributed by atoms with E-state index in [1.807, 2.05) is 30.3 Å². The highest BCUT2D eigenvalue weighted by Gasteiger charge is 2.28. The van der Waals surface area contributed by atoms with Gasteiger partial charge >= 0.3 is 5.97 Å². The van der Waals surface area contributed by atoms with Crippen molar-refractivity contribution in [3.63, 3.8) is 0 Å². The highest BCUT2D eigenvalue weighted by Crippen LogP contribution is 2.20. The van der Waals surface area contributed by atoms with E-state index in [2.05, 4.69) is 0 Å². The second-order valence-electron chi connectivity index (χ2n) is 6.23. The molecule has 1 saturated heterocycles. The number of carbonyl (C=O) groups is 2. The van der Waals surface area contributed by atoms with Gasteiger partial charge in [-0.25, -0.2) is 0 Å². The highest BCUT2D eigenvalue weighted by molar-refractivity contribution is 5.94. The van der Waals surface area contributed by atoms with Crippen molar-refractivity contribution in [2.24, 2.45) is 5.92 Å². The quantitative estimate of drug-likeness (QED) is 0.908. The second kappa shape index (κ2) is 7.83. The molecule has 3 rings (SSSR count). The summed E-state index contributed by atoms with van der Waals surface area (Å²) in [6, 6.07) is 16.9. The van der Waals surface area contributed by atoms with Crippen molar-refractivity contribution in [2.45, 2.75) is 19.4 Å². The largest absolute Gasteiger partial charge is 0.489 e. The molecule has 1 N–H and O–H groups in total. The average Bonchev–Trinajstić information content (AvgIpc) is 2.67. The van der Waals surface area contributed by atoms with E-state index in [9.17, 15) is 9.59 Å². The Morgan fingerprint density at radius 2 is 1.80 bits per heavy atom. The monoisotopic (exact) mass is 339 g/mol. The lowest BCUT2D eigenvalue weighted by atomic mass is 9.97. The zero-order valence-electron chi connectivity index (χ0n) is 13.9. The number of aliphatic carboxylic acids is 1. The van der Waals surface area contributed by atoms with Crippen LogP contribution in [0.2, 0.25) is 0 Å². The number of benzene rings is 2. The van der Waals surface area contributed by atoms with Crippen LogP contribution in [0.4, 0.5) is 0 Å². The predicted molar refractivity (Wildman–Crippen MR) is 93.5 cm³/mol. The van der Waals surface area contributed by atoms with Gasteiger partial charge in [0.2, 0.25) is 0 Å². The van der Waals surface area contributed by atoms with Crippen LogP contribution in [0.15, 0.2) is 54.6 Å². The van der Waals surface area contributed by atoms with E-state index < -0.39 is 11.9 Å². The minimum absolute atomic E-state index is 0.124. The lowest BCUT2D eigenvalue weighted by Gasteiger charge is -2.30. The van der Waals surface area contributed by atoms with Crippen molar-refractivity contribution in [3.05, 3.63) is 65.7 Å². The number of carboxylic acid groups (broad SMARTS) is 1. The van der Waals surface area contributed by atoms with Crippen molar-refractivity contribution in [3.8, 4) is 5.75 Å². The van der Waals surface area contributed by atoms with Crippen molar-refractivity contribution in [1.82, 2.24) is 4.90 Å². The molecule has 130 valence electrons. The zero-order chi connectivity index (χ0) is 17.6. The molecular weight excluding hydrogens is 318 g/mol. The Bertz CT molecular complexity index is 727. The number of carbonyl (C=O) groups excluding carboxylic acids is 1. The molecule has 0 aliphatic carbocycles. The number of ether oxygens (including phenoxy) is 1. The summed E-state index contributed by atoms with van der Waals surface area (Å²) in [6.07, 6.45) is 1.35. The van der Waals surface area contributed by atoms with Crippen LogP contribution in [-0.4, -0.2) is 35.0 Å². The van der Waals surface area contributed by atoms with E-state index >= 15 is 0 Å². The molecule has 2 aromatic carbocycles. The number of nitrogens with zero attached hydrogens (tertiary/aromatic N) is 1. The molecule has 1 aliphatic rings. The number of hydrogen-bond donors (Lipinski definition) is 1. The summed E-state index contributed by atoms with van der Waals surface area (Å²) in [5.41, 5.74) is 1.63. The van der Waals surface area contributed by atoms with Crippen LogP contribution in [0.3, 0.4) is 0 Å². The highest BCUT2D eigenvalue weighted by atomic mass is 16.5. The molecule has 1 amide bonds. The van der Waals surface area contributed by atoms with Crippen LogP contribution >= 0.6 is 0 Å². The third-order valence-corrected chi connectivity index (χ3v) is 4.41. The lowest BCUT2D eigenvalue weighted by Crippen LogP contribution is -2.42. The lowest BCUT2D eigenvalue weighted by molar-refractivity contribution is -0.143.